The number of carbonyl (C=O) groups is 2. The van der Waals surface area contributed by atoms with E-state index in [4.69, 9.17) is 11.6 Å². The Kier molecular flexibility index (Phi) is 4.63. The molecule has 4 nitrogen and oxygen atoms in total. The molecule has 0 saturated heterocycles. The molecule has 3 unspecified atom stereocenters. The normalized spacial score (nSPS) is 24.6. The molecular weight excluding hydrogens is 297 g/mol. The molecule has 21 heavy (non-hydrogen) atoms. The van der Waals surface area contributed by atoms with Gasteiger partial charge in [-0.25, -0.2) is 4.39 Å². The average molecular weight is 312 g/mol. The molecule has 0 saturated carbocycles. The van der Waals surface area contributed by atoms with Gasteiger partial charge in [0, 0.05) is 5.02 Å². The summed E-state index contributed by atoms with van der Waals surface area (Å²) in [6.07, 6.45) is 3.86. The molecule has 112 valence electrons. The van der Waals surface area contributed by atoms with Gasteiger partial charge in [-0.3, -0.25) is 9.59 Å². The first-order chi connectivity index (χ1) is 9.90. The number of carbonyl (C=O) groups excluding carboxylic acids is 1. The molecule has 3 atom stereocenters. The molecule has 0 radical (unpaired) electrons. The predicted octanol–water partition coefficient (Wildman–Crippen LogP) is 3.33. The fourth-order valence-corrected chi connectivity index (χ4v) is 2.71. The smallest absolute Gasteiger partial charge is 0.307 e. The van der Waals surface area contributed by atoms with Gasteiger partial charge < -0.3 is 10.4 Å². The Hall–Kier alpha value is -1.88. The minimum Gasteiger partial charge on any atom is -0.481 e. The largest absolute Gasteiger partial charge is 0.481 e. The number of halogens is 2. The zero-order valence-electron chi connectivity index (χ0n) is 11.3. The Morgan fingerprint density at radius 2 is 2.14 bits per heavy atom. The minimum atomic E-state index is -1.03. The SMILES string of the molecule is CC1C=CCC(C(=O)O)C1C(=O)Nc1ccc(Cl)cc1F. The van der Waals surface area contributed by atoms with Crippen LogP contribution in [-0.2, 0) is 9.59 Å². The fraction of sp³-hybridized carbons (Fsp3) is 0.333. The number of allylic oxidation sites excluding steroid dienone is 2. The van der Waals surface area contributed by atoms with Crippen LogP contribution in [0.25, 0.3) is 0 Å². The first-order valence-electron chi connectivity index (χ1n) is 6.55. The molecule has 1 aliphatic rings. The van der Waals surface area contributed by atoms with Crippen LogP contribution in [0.4, 0.5) is 10.1 Å². The van der Waals surface area contributed by atoms with Crippen molar-refractivity contribution < 1.29 is 19.1 Å². The van der Waals surface area contributed by atoms with Crippen LogP contribution in [0.15, 0.2) is 30.4 Å². The summed E-state index contributed by atoms with van der Waals surface area (Å²) in [6.45, 7) is 1.77. The van der Waals surface area contributed by atoms with Gasteiger partial charge in [-0.2, -0.15) is 0 Å². The second-order valence-corrected chi connectivity index (χ2v) is 5.54. The summed E-state index contributed by atoms with van der Waals surface area (Å²) < 4.78 is 13.7. The van der Waals surface area contributed by atoms with E-state index in [1.165, 1.54) is 12.1 Å². The summed E-state index contributed by atoms with van der Waals surface area (Å²) in [5, 5.41) is 11.9. The number of anilines is 1. The van der Waals surface area contributed by atoms with Crippen LogP contribution in [0.5, 0.6) is 0 Å². The highest BCUT2D eigenvalue weighted by atomic mass is 35.5. The van der Waals surface area contributed by atoms with Crippen molar-refractivity contribution in [2.45, 2.75) is 13.3 Å². The highest BCUT2D eigenvalue weighted by Crippen LogP contribution is 2.32. The molecule has 0 spiro atoms. The quantitative estimate of drug-likeness (QED) is 0.841. The number of hydrogen-bond acceptors (Lipinski definition) is 2. The Bertz CT molecular complexity index is 603. The average Bonchev–Trinajstić information content (AvgIpc) is 2.41. The van der Waals surface area contributed by atoms with Gasteiger partial charge >= 0.3 is 5.97 Å². The lowest BCUT2D eigenvalue weighted by Gasteiger charge is -2.29. The molecule has 0 fully saturated rings. The number of hydrogen-bond donors (Lipinski definition) is 2. The Labute approximate surface area is 126 Å². The monoisotopic (exact) mass is 311 g/mol. The van der Waals surface area contributed by atoms with Crippen molar-refractivity contribution in [3.05, 3.63) is 41.2 Å². The maximum atomic E-state index is 13.7. The molecule has 2 N–H and O–H groups in total. The minimum absolute atomic E-state index is 0.00436. The van der Waals surface area contributed by atoms with E-state index < -0.39 is 29.5 Å². The maximum Gasteiger partial charge on any atom is 0.307 e. The van der Waals surface area contributed by atoms with E-state index in [-0.39, 0.29) is 16.6 Å². The maximum absolute atomic E-state index is 13.7. The van der Waals surface area contributed by atoms with E-state index in [0.29, 0.717) is 6.42 Å². The van der Waals surface area contributed by atoms with E-state index in [0.717, 1.165) is 6.07 Å². The number of carboxylic acids is 1. The number of aliphatic carboxylic acids is 1. The van der Waals surface area contributed by atoms with Crippen LogP contribution in [0.2, 0.25) is 5.02 Å². The molecule has 6 heteroatoms. The van der Waals surface area contributed by atoms with Crippen molar-refractivity contribution in [3.63, 3.8) is 0 Å². The van der Waals surface area contributed by atoms with Crippen molar-refractivity contribution in [3.8, 4) is 0 Å². The van der Waals surface area contributed by atoms with E-state index >= 15 is 0 Å². The molecule has 1 aromatic carbocycles. The summed E-state index contributed by atoms with van der Waals surface area (Å²) >= 11 is 5.65. The van der Waals surface area contributed by atoms with Gasteiger partial charge in [0.05, 0.1) is 17.5 Å². The third-order valence-electron chi connectivity index (χ3n) is 3.64. The summed E-state index contributed by atoms with van der Waals surface area (Å²) in [6, 6.07) is 3.91. The number of nitrogens with one attached hydrogen (secondary N) is 1. The third kappa shape index (κ3) is 3.42. The second-order valence-electron chi connectivity index (χ2n) is 5.11. The van der Waals surface area contributed by atoms with Crippen molar-refractivity contribution in [1.29, 1.82) is 0 Å². The Morgan fingerprint density at radius 1 is 1.43 bits per heavy atom. The van der Waals surface area contributed by atoms with Gasteiger partial charge in [0.1, 0.15) is 5.82 Å². The lowest BCUT2D eigenvalue weighted by Crippen LogP contribution is -2.39. The summed E-state index contributed by atoms with van der Waals surface area (Å²) in [7, 11) is 0. The number of rotatable bonds is 3. The first-order valence-corrected chi connectivity index (χ1v) is 6.93. The van der Waals surface area contributed by atoms with Crippen LogP contribution in [-0.4, -0.2) is 17.0 Å². The van der Waals surface area contributed by atoms with Crippen LogP contribution in [0.3, 0.4) is 0 Å². The number of carboxylic acid groups (broad SMARTS) is 1. The lowest BCUT2D eigenvalue weighted by molar-refractivity contribution is -0.147. The van der Waals surface area contributed by atoms with Gasteiger partial charge in [0.25, 0.3) is 0 Å². The molecule has 1 amide bonds. The topological polar surface area (TPSA) is 66.4 Å². The van der Waals surface area contributed by atoms with Crippen LogP contribution in [0, 0.1) is 23.6 Å². The molecular formula is C15H15ClFNO3. The summed E-state index contributed by atoms with van der Waals surface area (Å²) in [5.41, 5.74) is -0.00436. The Morgan fingerprint density at radius 3 is 2.76 bits per heavy atom. The van der Waals surface area contributed by atoms with Gasteiger partial charge in [0.2, 0.25) is 5.91 Å². The highest BCUT2D eigenvalue weighted by molar-refractivity contribution is 6.30. The van der Waals surface area contributed by atoms with Crippen molar-refractivity contribution in [2.75, 3.05) is 5.32 Å². The van der Waals surface area contributed by atoms with Gasteiger partial charge in [-0.15, -0.1) is 0 Å². The van der Waals surface area contributed by atoms with E-state index in [1.807, 2.05) is 6.08 Å². The van der Waals surface area contributed by atoms with Crippen molar-refractivity contribution in [2.24, 2.45) is 17.8 Å². The summed E-state index contributed by atoms with van der Waals surface area (Å²) in [5.74, 6) is -3.94. The van der Waals surface area contributed by atoms with E-state index in [2.05, 4.69) is 5.32 Å². The van der Waals surface area contributed by atoms with E-state index in [1.54, 1.807) is 13.0 Å². The lowest BCUT2D eigenvalue weighted by atomic mass is 9.76. The highest BCUT2D eigenvalue weighted by Gasteiger charge is 2.38. The molecule has 0 bridgehead atoms. The van der Waals surface area contributed by atoms with Crippen LogP contribution >= 0.6 is 11.6 Å². The second kappa shape index (κ2) is 6.26. The van der Waals surface area contributed by atoms with Crippen molar-refractivity contribution >= 4 is 29.2 Å². The predicted molar refractivity (Wildman–Crippen MR) is 77.6 cm³/mol. The molecule has 0 heterocycles. The van der Waals surface area contributed by atoms with Gasteiger partial charge in [0.15, 0.2) is 0 Å². The van der Waals surface area contributed by atoms with Crippen molar-refractivity contribution in [1.82, 2.24) is 0 Å². The number of amides is 1. The molecule has 2 rings (SSSR count). The van der Waals surface area contributed by atoms with Gasteiger partial charge in [-0.1, -0.05) is 30.7 Å². The zero-order chi connectivity index (χ0) is 15.6. The fourth-order valence-electron chi connectivity index (χ4n) is 2.56. The van der Waals surface area contributed by atoms with Crippen LogP contribution < -0.4 is 5.32 Å². The molecule has 1 aliphatic carbocycles. The third-order valence-corrected chi connectivity index (χ3v) is 3.87. The summed E-state index contributed by atoms with van der Waals surface area (Å²) in [4.78, 5) is 23.6. The molecule has 0 aliphatic heterocycles. The van der Waals surface area contributed by atoms with Crippen LogP contribution in [0.1, 0.15) is 13.3 Å². The zero-order valence-corrected chi connectivity index (χ0v) is 12.1. The molecule has 1 aromatic rings. The Balaban J connectivity index is 2.21. The molecule has 0 aromatic heterocycles. The first kappa shape index (κ1) is 15.5. The number of benzene rings is 1. The van der Waals surface area contributed by atoms with E-state index in [9.17, 15) is 19.1 Å². The van der Waals surface area contributed by atoms with Gasteiger partial charge in [-0.05, 0) is 30.5 Å². The standard InChI is InChI=1S/C15H15ClFNO3/c1-8-3-2-4-10(15(20)21)13(8)14(19)18-12-6-5-9(16)7-11(12)17/h2-3,5-8,10,13H,4H2,1H3,(H,18,19)(H,20,21).